The van der Waals surface area contributed by atoms with E-state index >= 15 is 0 Å². The summed E-state index contributed by atoms with van der Waals surface area (Å²) >= 11 is 0. The van der Waals surface area contributed by atoms with Crippen LogP contribution in [0.4, 0.5) is 0 Å². The largest absolute Gasteiger partial charge is 0.357 e. The number of amides is 2. The summed E-state index contributed by atoms with van der Waals surface area (Å²) in [6.45, 7) is 1.40. The van der Waals surface area contributed by atoms with Gasteiger partial charge >= 0.3 is 0 Å². The fourth-order valence-electron chi connectivity index (χ4n) is 1.42. The Labute approximate surface area is 115 Å². The Morgan fingerprint density at radius 2 is 1.94 bits per heavy atom. The normalized spacial score (nSPS) is 10.9. The summed E-state index contributed by atoms with van der Waals surface area (Å²) in [7, 11) is 1.55. The zero-order chi connectivity index (χ0) is 12.0. The van der Waals surface area contributed by atoms with Gasteiger partial charge in [-0.1, -0.05) is 0 Å². The first-order valence-electron chi connectivity index (χ1n) is 5.07. The van der Waals surface area contributed by atoms with Crippen LogP contribution in [0, 0.1) is 6.07 Å². The van der Waals surface area contributed by atoms with Crippen molar-refractivity contribution in [3.8, 4) is 0 Å². The molecule has 0 aliphatic rings. The van der Waals surface area contributed by atoms with Crippen LogP contribution in [0.3, 0.4) is 0 Å². The zero-order valence-corrected chi connectivity index (χ0v) is 11.8. The van der Waals surface area contributed by atoms with Gasteiger partial charge in [0.25, 0.3) is 0 Å². The molecule has 0 heterocycles. The van der Waals surface area contributed by atoms with Gasteiger partial charge in [0.1, 0.15) is 6.04 Å². The van der Waals surface area contributed by atoms with E-state index in [2.05, 4.69) is 16.7 Å². The molecule has 1 atom stereocenters. The predicted molar refractivity (Wildman–Crippen MR) is 60.7 cm³/mol. The monoisotopic (exact) mass is 317 g/mol. The van der Waals surface area contributed by atoms with E-state index in [0.717, 1.165) is 5.56 Å². The van der Waals surface area contributed by atoms with Crippen LogP contribution in [0.15, 0.2) is 24.3 Å². The standard InChI is InChI=1S/C12H15N2O2.Mo/c1-9(15)14-11(12(16)13-2)8-10-6-4-3-5-7-10;/h4-7,11H,8H2,1-2H3,(H,13,16)(H,14,15);/q-1;. The number of hydrogen-bond donors (Lipinski definition) is 2. The number of likely N-dealkylation sites (N-methyl/N-ethyl adjacent to an activating group) is 1. The van der Waals surface area contributed by atoms with E-state index in [1.165, 1.54) is 6.92 Å². The van der Waals surface area contributed by atoms with Gasteiger partial charge < -0.3 is 10.6 Å². The fourth-order valence-corrected chi connectivity index (χ4v) is 1.42. The van der Waals surface area contributed by atoms with Crippen LogP contribution in [0.1, 0.15) is 12.5 Å². The molecule has 0 aromatic heterocycles. The molecular formula is C12H15MoN2O2-. The van der Waals surface area contributed by atoms with Crippen molar-refractivity contribution < 1.29 is 30.7 Å². The Balaban J connectivity index is 0.00000256. The van der Waals surface area contributed by atoms with Crippen molar-refractivity contribution >= 4 is 11.8 Å². The third-order valence-electron chi connectivity index (χ3n) is 2.17. The van der Waals surface area contributed by atoms with Gasteiger partial charge in [0.2, 0.25) is 11.8 Å². The van der Waals surface area contributed by atoms with E-state index in [0.29, 0.717) is 6.42 Å². The summed E-state index contributed by atoms with van der Waals surface area (Å²) in [6.07, 6.45) is 0.480. The Morgan fingerprint density at radius 1 is 1.35 bits per heavy atom. The van der Waals surface area contributed by atoms with Gasteiger partial charge in [-0.2, -0.15) is 35.9 Å². The zero-order valence-electron chi connectivity index (χ0n) is 9.82. The van der Waals surface area contributed by atoms with Crippen LogP contribution in [0.25, 0.3) is 0 Å². The van der Waals surface area contributed by atoms with Crippen LogP contribution < -0.4 is 10.6 Å². The molecule has 4 nitrogen and oxygen atoms in total. The molecule has 17 heavy (non-hydrogen) atoms. The number of benzene rings is 1. The minimum absolute atomic E-state index is 0. The van der Waals surface area contributed by atoms with E-state index < -0.39 is 6.04 Å². The second-order valence-corrected chi connectivity index (χ2v) is 3.48. The van der Waals surface area contributed by atoms with Crippen molar-refractivity contribution in [3.05, 3.63) is 35.9 Å². The average Bonchev–Trinajstić information content (AvgIpc) is 2.28. The number of hydrogen-bond acceptors (Lipinski definition) is 2. The van der Waals surface area contributed by atoms with Gasteiger partial charge in [-0.25, -0.2) is 0 Å². The molecule has 0 saturated heterocycles. The smallest absolute Gasteiger partial charge is 0.242 e. The molecule has 1 aromatic rings. The third-order valence-corrected chi connectivity index (χ3v) is 2.17. The number of carbonyl (C=O) groups is 2. The molecule has 0 bridgehead atoms. The summed E-state index contributed by atoms with van der Waals surface area (Å²) in [6, 6.07) is 9.69. The van der Waals surface area contributed by atoms with E-state index in [1.807, 2.05) is 12.1 Å². The summed E-state index contributed by atoms with van der Waals surface area (Å²) in [5.74, 6) is -0.404. The van der Waals surface area contributed by atoms with Crippen LogP contribution in [0.2, 0.25) is 0 Å². The van der Waals surface area contributed by atoms with Crippen LogP contribution in [0.5, 0.6) is 0 Å². The van der Waals surface area contributed by atoms with Gasteiger partial charge in [0, 0.05) is 35.0 Å². The Bertz CT molecular complexity index is 368. The molecule has 0 saturated carbocycles. The molecule has 0 aliphatic carbocycles. The molecule has 2 amide bonds. The third kappa shape index (κ3) is 5.64. The summed E-state index contributed by atoms with van der Waals surface area (Å²) in [4.78, 5) is 22.5. The van der Waals surface area contributed by atoms with Gasteiger partial charge in [0.05, 0.1) is 0 Å². The predicted octanol–water partition coefficient (Wildman–Crippen LogP) is 0.277. The minimum atomic E-state index is -0.523. The van der Waals surface area contributed by atoms with Crippen LogP contribution in [-0.2, 0) is 37.1 Å². The van der Waals surface area contributed by atoms with Crippen LogP contribution >= 0.6 is 0 Å². The molecule has 5 heteroatoms. The molecule has 1 unspecified atom stereocenters. The van der Waals surface area contributed by atoms with Crippen molar-refractivity contribution in [2.45, 2.75) is 19.4 Å². The second kappa shape index (κ2) is 8.02. The van der Waals surface area contributed by atoms with Crippen molar-refractivity contribution in [2.24, 2.45) is 0 Å². The number of nitrogens with one attached hydrogen (secondary N) is 2. The molecule has 1 rings (SSSR count). The maximum atomic E-state index is 11.5. The topological polar surface area (TPSA) is 58.2 Å². The van der Waals surface area contributed by atoms with Crippen LogP contribution in [-0.4, -0.2) is 24.9 Å². The summed E-state index contributed by atoms with van der Waals surface area (Å²) in [5.41, 5.74) is 0.987. The second-order valence-electron chi connectivity index (χ2n) is 3.48. The first-order chi connectivity index (χ1) is 7.63. The Morgan fingerprint density at radius 3 is 2.41 bits per heavy atom. The van der Waals surface area contributed by atoms with Crippen molar-refractivity contribution in [3.63, 3.8) is 0 Å². The van der Waals surface area contributed by atoms with E-state index in [-0.39, 0.29) is 32.9 Å². The molecule has 0 aliphatic heterocycles. The maximum Gasteiger partial charge on any atom is 0.242 e. The average molecular weight is 315 g/mol. The van der Waals surface area contributed by atoms with Crippen molar-refractivity contribution in [2.75, 3.05) is 7.05 Å². The quantitative estimate of drug-likeness (QED) is 0.619. The van der Waals surface area contributed by atoms with Gasteiger partial charge in [0.15, 0.2) is 0 Å². The fraction of sp³-hybridized carbons (Fsp3) is 0.333. The minimum Gasteiger partial charge on any atom is -0.357 e. The number of rotatable bonds is 4. The first-order valence-corrected chi connectivity index (χ1v) is 5.07. The number of carbonyl (C=O) groups excluding carboxylic acids is 2. The molecule has 0 radical (unpaired) electrons. The summed E-state index contributed by atoms with van der Waals surface area (Å²) in [5, 5.41) is 5.15. The maximum absolute atomic E-state index is 11.5. The van der Waals surface area contributed by atoms with E-state index in [4.69, 9.17) is 0 Å². The Kier molecular flexibility index (Phi) is 7.47. The first kappa shape index (κ1) is 15.8. The van der Waals surface area contributed by atoms with E-state index in [9.17, 15) is 9.59 Å². The van der Waals surface area contributed by atoms with Gasteiger partial charge in [-0.05, 0) is 6.42 Å². The van der Waals surface area contributed by atoms with Crippen molar-refractivity contribution in [1.82, 2.24) is 10.6 Å². The molecule has 92 valence electrons. The molecule has 2 N–H and O–H groups in total. The molecule has 1 aromatic carbocycles. The molecule has 0 spiro atoms. The SMILES string of the molecule is CNC(=O)C(Cc1cc[c-]cc1)NC(C)=O.[Mo]. The molecular weight excluding hydrogens is 300 g/mol. The van der Waals surface area contributed by atoms with Gasteiger partial charge in [-0.3, -0.25) is 9.59 Å². The van der Waals surface area contributed by atoms with Crippen molar-refractivity contribution in [1.29, 1.82) is 0 Å². The Hall–Kier alpha value is -1.15. The molecule has 0 fully saturated rings. The van der Waals surface area contributed by atoms with Gasteiger partial charge in [-0.15, -0.1) is 0 Å². The summed E-state index contributed by atoms with van der Waals surface area (Å²) < 4.78 is 0. The van der Waals surface area contributed by atoms with E-state index in [1.54, 1.807) is 19.2 Å².